The predicted octanol–water partition coefficient (Wildman–Crippen LogP) is 2.56. The van der Waals surface area contributed by atoms with E-state index in [9.17, 15) is 4.79 Å². The summed E-state index contributed by atoms with van der Waals surface area (Å²) >= 11 is 0. The molecule has 0 spiro atoms. The molecular formula is C15H16N2O3. The summed E-state index contributed by atoms with van der Waals surface area (Å²) in [6.07, 6.45) is 3.23. The highest BCUT2D eigenvalue weighted by atomic mass is 16.5. The Morgan fingerprint density at radius 3 is 2.70 bits per heavy atom. The summed E-state index contributed by atoms with van der Waals surface area (Å²) < 4.78 is 5.24. The van der Waals surface area contributed by atoms with E-state index in [1.54, 1.807) is 0 Å². The number of aromatic nitrogens is 2. The van der Waals surface area contributed by atoms with Crippen molar-refractivity contribution in [2.75, 3.05) is 0 Å². The number of nitrogens with zero attached hydrogens (tertiary/aromatic N) is 2. The van der Waals surface area contributed by atoms with Crippen molar-refractivity contribution >= 4 is 5.97 Å². The smallest absolute Gasteiger partial charge is 0.303 e. The Kier molecular flexibility index (Phi) is 3.26. The molecule has 0 amide bonds. The molecule has 1 fully saturated rings. The number of aryl methyl sites for hydroxylation is 1. The fourth-order valence-electron chi connectivity index (χ4n) is 2.47. The number of carbonyl (C=O) groups is 1. The van der Waals surface area contributed by atoms with Crippen LogP contribution in [0.2, 0.25) is 0 Å². The Hall–Kier alpha value is -2.17. The lowest BCUT2D eigenvalue weighted by atomic mass is 9.95. The molecule has 0 bridgehead atoms. The van der Waals surface area contributed by atoms with E-state index >= 15 is 0 Å². The van der Waals surface area contributed by atoms with Gasteiger partial charge in [-0.1, -0.05) is 35.5 Å². The first-order chi connectivity index (χ1) is 9.71. The fraction of sp³-hybridized carbons (Fsp3) is 0.400. The van der Waals surface area contributed by atoms with Crippen LogP contribution in [0.5, 0.6) is 0 Å². The molecule has 1 saturated carbocycles. The molecule has 3 rings (SSSR count). The Morgan fingerprint density at radius 1 is 1.30 bits per heavy atom. The summed E-state index contributed by atoms with van der Waals surface area (Å²) in [5.41, 5.74) is 1.13. The van der Waals surface area contributed by atoms with Gasteiger partial charge in [0.1, 0.15) is 0 Å². The Balaban J connectivity index is 1.72. The van der Waals surface area contributed by atoms with Crippen molar-refractivity contribution in [3.8, 4) is 0 Å². The van der Waals surface area contributed by atoms with Crippen LogP contribution in [0.1, 0.15) is 43.0 Å². The molecule has 20 heavy (non-hydrogen) atoms. The van der Waals surface area contributed by atoms with Crippen molar-refractivity contribution in [2.45, 2.75) is 37.5 Å². The number of rotatable bonds is 6. The predicted molar refractivity (Wildman–Crippen MR) is 71.3 cm³/mol. The van der Waals surface area contributed by atoms with Gasteiger partial charge in [0.15, 0.2) is 5.82 Å². The molecule has 0 saturated heterocycles. The molecule has 1 aromatic heterocycles. The number of hydrogen-bond acceptors (Lipinski definition) is 4. The average Bonchev–Trinajstić information content (AvgIpc) is 3.13. The van der Waals surface area contributed by atoms with Crippen LogP contribution in [0.3, 0.4) is 0 Å². The van der Waals surface area contributed by atoms with Gasteiger partial charge in [0, 0.05) is 12.8 Å². The number of carboxylic acids is 1. The average molecular weight is 272 g/mol. The number of aliphatic carboxylic acids is 1. The third-order valence-electron chi connectivity index (χ3n) is 3.75. The molecule has 5 heteroatoms. The van der Waals surface area contributed by atoms with Gasteiger partial charge >= 0.3 is 5.97 Å². The van der Waals surface area contributed by atoms with Crippen LogP contribution in [0.4, 0.5) is 0 Å². The molecule has 5 nitrogen and oxygen atoms in total. The highest BCUT2D eigenvalue weighted by Gasteiger charge is 2.49. The maximum absolute atomic E-state index is 10.5. The maximum Gasteiger partial charge on any atom is 0.303 e. The van der Waals surface area contributed by atoms with Gasteiger partial charge in [-0.2, -0.15) is 4.98 Å². The van der Waals surface area contributed by atoms with Gasteiger partial charge in [0.05, 0.1) is 5.41 Å². The topological polar surface area (TPSA) is 76.2 Å². The van der Waals surface area contributed by atoms with E-state index in [4.69, 9.17) is 9.63 Å². The second kappa shape index (κ2) is 5.07. The minimum Gasteiger partial charge on any atom is -0.481 e. The standard InChI is InChI=1S/C15H16N2O3/c18-13(19)8-4-7-12-16-14(17-20-12)15(9-10-15)11-5-2-1-3-6-11/h1-3,5-6H,4,7-10H2,(H,18,19). The molecule has 1 heterocycles. The second-order valence-corrected chi connectivity index (χ2v) is 5.21. The third kappa shape index (κ3) is 2.43. The fourth-order valence-corrected chi connectivity index (χ4v) is 2.47. The van der Waals surface area contributed by atoms with Crippen molar-refractivity contribution < 1.29 is 14.4 Å². The second-order valence-electron chi connectivity index (χ2n) is 5.21. The minimum absolute atomic E-state index is 0.0875. The molecule has 0 atom stereocenters. The van der Waals surface area contributed by atoms with Crippen LogP contribution in [-0.4, -0.2) is 21.2 Å². The van der Waals surface area contributed by atoms with Gasteiger partial charge < -0.3 is 9.63 Å². The summed E-state index contributed by atoms with van der Waals surface area (Å²) in [7, 11) is 0. The van der Waals surface area contributed by atoms with E-state index in [0.29, 0.717) is 18.7 Å². The van der Waals surface area contributed by atoms with Gasteiger partial charge in [-0.25, -0.2) is 0 Å². The van der Waals surface area contributed by atoms with Crippen molar-refractivity contribution in [1.82, 2.24) is 10.1 Å². The number of hydrogen-bond donors (Lipinski definition) is 1. The Labute approximate surface area is 116 Å². The molecule has 104 valence electrons. The SMILES string of the molecule is O=C(O)CCCc1nc(C2(c3ccccc3)CC2)no1. The molecule has 1 N–H and O–H groups in total. The lowest BCUT2D eigenvalue weighted by Gasteiger charge is -2.09. The largest absolute Gasteiger partial charge is 0.481 e. The van der Waals surface area contributed by atoms with E-state index in [0.717, 1.165) is 18.7 Å². The van der Waals surface area contributed by atoms with Gasteiger partial charge in [0.25, 0.3) is 0 Å². The zero-order valence-electron chi connectivity index (χ0n) is 11.1. The maximum atomic E-state index is 10.5. The molecule has 2 aromatic rings. The zero-order valence-corrected chi connectivity index (χ0v) is 11.1. The quantitative estimate of drug-likeness (QED) is 0.874. The number of benzene rings is 1. The van der Waals surface area contributed by atoms with Crippen molar-refractivity contribution in [2.24, 2.45) is 0 Å². The monoisotopic (exact) mass is 272 g/mol. The zero-order chi connectivity index (χ0) is 14.0. The lowest BCUT2D eigenvalue weighted by Crippen LogP contribution is -2.10. The van der Waals surface area contributed by atoms with Gasteiger partial charge in [-0.05, 0) is 24.8 Å². The van der Waals surface area contributed by atoms with Crippen LogP contribution in [0, 0.1) is 0 Å². The summed E-state index contributed by atoms with van der Waals surface area (Å²) in [5, 5.41) is 12.7. The summed E-state index contributed by atoms with van der Waals surface area (Å²) in [5.74, 6) is 0.463. The first kappa shape index (κ1) is 12.8. The van der Waals surface area contributed by atoms with Crippen LogP contribution in [0.15, 0.2) is 34.9 Å². The summed E-state index contributed by atoms with van der Waals surface area (Å²) in [6.45, 7) is 0. The van der Waals surface area contributed by atoms with Gasteiger partial charge in [-0.3, -0.25) is 4.79 Å². The lowest BCUT2D eigenvalue weighted by molar-refractivity contribution is -0.137. The van der Waals surface area contributed by atoms with Crippen LogP contribution in [0.25, 0.3) is 0 Å². The van der Waals surface area contributed by atoms with Gasteiger partial charge in [0.2, 0.25) is 5.89 Å². The van der Waals surface area contributed by atoms with E-state index < -0.39 is 5.97 Å². The van der Waals surface area contributed by atoms with Crippen molar-refractivity contribution in [1.29, 1.82) is 0 Å². The van der Waals surface area contributed by atoms with Crippen LogP contribution in [-0.2, 0) is 16.6 Å². The third-order valence-corrected chi connectivity index (χ3v) is 3.75. The van der Waals surface area contributed by atoms with Crippen LogP contribution < -0.4 is 0 Å². The van der Waals surface area contributed by atoms with Crippen molar-refractivity contribution in [3.05, 3.63) is 47.6 Å². The van der Waals surface area contributed by atoms with E-state index in [2.05, 4.69) is 22.3 Å². The molecule has 0 aliphatic heterocycles. The van der Waals surface area contributed by atoms with Crippen molar-refractivity contribution in [3.63, 3.8) is 0 Å². The van der Waals surface area contributed by atoms with E-state index in [1.165, 1.54) is 5.56 Å². The molecular weight excluding hydrogens is 256 g/mol. The molecule has 1 aliphatic carbocycles. The molecule has 1 aliphatic rings. The summed E-state index contributed by atoms with van der Waals surface area (Å²) in [6, 6.07) is 10.2. The van der Waals surface area contributed by atoms with Crippen LogP contribution >= 0.6 is 0 Å². The first-order valence-electron chi connectivity index (χ1n) is 6.81. The number of carboxylic acid groups (broad SMARTS) is 1. The molecule has 1 aromatic carbocycles. The molecule has 0 unspecified atom stereocenters. The normalized spacial score (nSPS) is 16.0. The van der Waals surface area contributed by atoms with E-state index in [1.807, 2.05) is 18.2 Å². The highest BCUT2D eigenvalue weighted by molar-refractivity contribution is 5.66. The molecule has 0 radical (unpaired) electrons. The van der Waals surface area contributed by atoms with Gasteiger partial charge in [-0.15, -0.1) is 0 Å². The first-order valence-corrected chi connectivity index (χ1v) is 6.81. The minimum atomic E-state index is -0.798. The highest BCUT2D eigenvalue weighted by Crippen LogP contribution is 2.52. The Morgan fingerprint density at radius 2 is 2.05 bits per heavy atom. The summed E-state index contributed by atoms with van der Waals surface area (Å²) in [4.78, 5) is 14.9. The van der Waals surface area contributed by atoms with E-state index in [-0.39, 0.29) is 11.8 Å². The Bertz CT molecular complexity index is 603.